The van der Waals surface area contributed by atoms with Gasteiger partial charge in [0.2, 0.25) is 0 Å². The summed E-state index contributed by atoms with van der Waals surface area (Å²) in [4.78, 5) is 6.78. The van der Waals surface area contributed by atoms with Crippen molar-refractivity contribution in [2.75, 3.05) is 13.7 Å². The van der Waals surface area contributed by atoms with Crippen LogP contribution < -0.4 is 0 Å². The molecule has 1 aliphatic heterocycles. The molecule has 4 rings (SSSR count). The quantitative estimate of drug-likeness (QED) is 0.699. The van der Waals surface area contributed by atoms with Gasteiger partial charge in [0.1, 0.15) is 18.5 Å². The van der Waals surface area contributed by atoms with Crippen LogP contribution in [0, 0.1) is 0 Å². The maximum Gasteiger partial charge on any atom is 0.165 e. The molecule has 25 heavy (non-hydrogen) atoms. The van der Waals surface area contributed by atoms with E-state index in [1.165, 1.54) is 0 Å². The Morgan fingerprint density at radius 3 is 2.76 bits per heavy atom. The number of para-hydroxylation sites is 1. The Kier molecular flexibility index (Phi) is 4.29. The van der Waals surface area contributed by atoms with Crippen LogP contribution in [-0.2, 0) is 18.3 Å². The lowest BCUT2D eigenvalue weighted by molar-refractivity contribution is 0.107. The molecule has 1 fully saturated rings. The number of nitrogens with zero attached hydrogens (tertiary/aromatic N) is 7. The Morgan fingerprint density at radius 2 is 2.04 bits per heavy atom. The van der Waals surface area contributed by atoms with Crippen molar-refractivity contribution in [3.8, 4) is 5.69 Å². The van der Waals surface area contributed by atoms with Crippen molar-refractivity contribution in [2.45, 2.75) is 25.1 Å². The molecule has 0 spiro atoms. The predicted octanol–water partition coefficient (Wildman–Crippen LogP) is 1.36. The van der Waals surface area contributed by atoms with Gasteiger partial charge < -0.3 is 9.30 Å². The first-order valence-electron chi connectivity index (χ1n) is 8.31. The summed E-state index contributed by atoms with van der Waals surface area (Å²) in [6.45, 7) is 1.48. The summed E-state index contributed by atoms with van der Waals surface area (Å²) < 4.78 is 9.34. The summed E-state index contributed by atoms with van der Waals surface area (Å²) >= 11 is 0. The van der Waals surface area contributed by atoms with Crippen molar-refractivity contribution in [1.29, 1.82) is 0 Å². The zero-order valence-corrected chi connectivity index (χ0v) is 14.4. The zero-order valence-electron chi connectivity index (χ0n) is 14.4. The SMILES string of the molecule is CO[C@@H]1C[C@@H](c2nncn2C)N(Cc2ncn(-c3ccccc3)n2)C1. The van der Waals surface area contributed by atoms with E-state index in [9.17, 15) is 0 Å². The lowest BCUT2D eigenvalue weighted by atomic mass is 10.2. The second-order valence-electron chi connectivity index (χ2n) is 6.28. The van der Waals surface area contributed by atoms with Crippen molar-refractivity contribution in [3.05, 3.63) is 54.6 Å². The first-order chi connectivity index (χ1) is 12.2. The third-order valence-corrected chi connectivity index (χ3v) is 4.65. The Balaban J connectivity index is 1.54. The second kappa shape index (κ2) is 6.73. The van der Waals surface area contributed by atoms with Crippen LogP contribution in [0.15, 0.2) is 43.0 Å². The number of likely N-dealkylation sites (tertiary alicyclic amines) is 1. The Hall–Kier alpha value is -2.58. The lowest BCUT2D eigenvalue weighted by Gasteiger charge is -2.21. The molecule has 3 heterocycles. The van der Waals surface area contributed by atoms with Crippen molar-refractivity contribution in [2.24, 2.45) is 7.05 Å². The Bertz CT molecular complexity index is 828. The molecule has 1 aliphatic rings. The van der Waals surface area contributed by atoms with E-state index >= 15 is 0 Å². The molecule has 0 aliphatic carbocycles. The standard InChI is InChI=1S/C17H21N7O/c1-22-12-19-20-17(22)15-8-14(25-2)9-23(15)10-16-18-11-24(21-16)13-6-4-3-5-7-13/h3-7,11-12,14-15H,8-10H2,1-2H3/t14-,15+/m1/s1. The molecule has 8 nitrogen and oxygen atoms in total. The van der Waals surface area contributed by atoms with Crippen LogP contribution in [0.3, 0.4) is 0 Å². The Labute approximate surface area is 146 Å². The van der Waals surface area contributed by atoms with Crippen LogP contribution in [0.25, 0.3) is 5.69 Å². The van der Waals surface area contributed by atoms with E-state index in [0.717, 1.165) is 30.3 Å². The molecule has 0 unspecified atom stereocenters. The lowest BCUT2D eigenvalue weighted by Crippen LogP contribution is -2.26. The molecular weight excluding hydrogens is 318 g/mol. The molecule has 0 bridgehead atoms. The molecule has 0 saturated carbocycles. The first kappa shape index (κ1) is 15.9. The molecule has 1 saturated heterocycles. The highest BCUT2D eigenvalue weighted by Crippen LogP contribution is 2.32. The number of ether oxygens (including phenoxy) is 1. The summed E-state index contributed by atoms with van der Waals surface area (Å²) in [7, 11) is 3.72. The average Bonchev–Trinajstić information content (AvgIpc) is 3.36. The van der Waals surface area contributed by atoms with Gasteiger partial charge in [-0.15, -0.1) is 15.3 Å². The molecule has 0 N–H and O–H groups in total. The highest BCUT2D eigenvalue weighted by atomic mass is 16.5. The molecule has 2 atom stereocenters. The number of hydrogen-bond donors (Lipinski definition) is 0. The van der Waals surface area contributed by atoms with Gasteiger partial charge in [0.25, 0.3) is 0 Å². The van der Waals surface area contributed by atoms with Crippen molar-refractivity contribution >= 4 is 0 Å². The number of hydrogen-bond acceptors (Lipinski definition) is 6. The van der Waals surface area contributed by atoms with Crippen molar-refractivity contribution in [1.82, 2.24) is 34.4 Å². The minimum Gasteiger partial charge on any atom is -0.380 e. The van der Waals surface area contributed by atoms with Gasteiger partial charge in [0.05, 0.1) is 24.4 Å². The molecule has 0 radical (unpaired) electrons. The van der Waals surface area contributed by atoms with Crippen LogP contribution in [0.4, 0.5) is 0 Å². The Morgan fingerprint density at radius 1 is 1.20 bits per heavy atom. The van der Waals surface area contributed by atoms with Gasteiger partial charge in [-0.2, -0.15) is 0 Å². The minimum absolute atomic E-state index is 0.154. The highest BCUT2D eigenvalue weighted by molar-refractivity contribution is 5.29. The van der Waals surface area contributed by atoms with Crippen molar-refractivity contribution < 1.29 is 4.74 Å². The van der Waals surface area contributed by atoms with Gasteiger partial charge in [0, 0.05) is 20.7 Å². The van der Waals surface area contributed by atoms with Crippen LogP contribution in [0.1, 0.15) is 24.1 Å². The van der Waals surface area contributed by atoms with E-state index < -0.39 is 0 Å². The van der Waals surface area contributed by atoms with Gasteiger partial charge in [0.15, 0.2) is 5.82 Å². The zero-order chi connectivity index (χ0) is 17.2. The number of benzene rings is 1. The van der Waals surface area contributed by atoms with E-state index in [2.05, 4.69) is 25.2 Å². The maximum absolute atomic E-state index is 5.58. The van der Waals surface area contributed by atoms with Crippen LogP contribution in [0.2, 0.25) is 0 Å². The fraction of sp³-hybridized carbons (Fsp3) is 0.412. The average molecular weight is 339 g/mol. The first-order valence-corrected chi connectivity index (χ1v) is 8.31. The van der Waals surface area contributed by atoms with E-state index in [-0.39, 0.29) is 12.1 Å². The van der Waals surface area contributed by atoms with Gasteiger partial charge in [-0.05, 0) is 18.6 Å². The minimum atomic E-state index is 0.154. The maximum atomic E-state index is 5.58. The summed E-state index contributed by atoms with van der Waals surface area (Å²) in [5, 5.41) is 12.9. The van der Waals surface area contributed by atoms with Crippen LogP contribution in [0.5, 0.6) is 0 Å². The number of rotatable bonds is 5. The van der Waals surface area contributed by atoms with E-state index in [4.69, 9.17) is 4.74 Å². The summed E-state index contributed by atoms with van der Waals surface area (Å²) in [5.74, 6) is 1.73. The fourth-order valence-corrected chi connectivity index (χ4v) is 3.33. The van der Waals surface area contributed by atoms with Crippen LogP contribution >= 0.6 is 0 Å². The summed E-state index contributed by atoms with van der Waals surface area (Å²) in [5.41, 5.74) is 1.00. The third-order valence-electron chi connectivity index (χ3n) is 4.65. The van der Waals surface area contributed by atoms with E-state index in [0.29, 0.717) is 6.54 Å². The monoisotopic (exact) mass is 339 g/mol. The molecular formula is C17H21N7O. The molecule has 0 amide bonds. The second-order valence-corrected chi connectivity index (χ2v) is 6.28. The largest absolute Gasteiger partial charge is 0.380 e. The van der Waals surface area contributed by atoms with Gasteiger partial charge in [-0.3, -0.25) is 4.90 Å². The molecule has 8 heteroatoms. The van der Waals surface area contributed by atoms with Gasteiger partial charge in [-0.25, -0.2) is 9.67 Å². The normalized spacial score (nSPS) is 21.0. The molecule has 3 aromatic rings. The number of aryl methyl sites for hydroxylation is 1. The van der Waals surface area contributed by atoms with Gasteiger partial charge in [-0.1, -0.05) is 18.2 Å². The predicted molar refractivity (Wildman–Crippen MR) is 90.9 cm³/mol. The van der Waals surface area contributed by atoms with Crippen molar-refractivity contribution in [3.63, 3.8) is 0 Å². The van der Waals surface area contributed by atoms with Crippen LogP contribution in [-0.4, -0.2) is 54.2 Å². The highest BCUT2D eigenvalue weighted by Gasteiger charge is 2.36. The third kappa shape index (κ3) is 3.18. The van der Waals surface area contributed by atoms with Gasteiger partial charge >= 0.3 is 0 Å². The summed E-state index contributed by atoms with van der Waals surface area (Å²) in [6, 6.07) is 10.1. The summed E-state index contributed by atoms with van der Waals surface area (Å²) in [6.07, 6.45) is 4.56. The number of aromatic nitrogens is 6. The molecule has 130 valence electrons. The number of methoxy groups -OCH3 is 1. The molecule has 1 aromatic carbocycles. The van der Waals surface area contributed by atoms with E-state index in [1.54, 1.807) is 24.4 Å². The smallest absolute Gasteiger partial charge is 0.165 e. The fourth-order valence-electron chi connectivity index (χ4n) is 3.33. The van der Waals surface area contributed by atoms with E-state index in [1.807, 2.05) is 41.9 Å². The molecule has 2 aromatic heterocycles. The topological polar surface area (TPSA) is 73.9 Å².